The van der Waals surface area contributed by atoms with E-state index in [0.717, 1.165) is 11.3 Å². The summed E-state index contributed by atoms with van der Waals surface area (Å²) in [5.74, 6) is 0.592. The molecule has 1 aromatic rings. The van der Waals surface area contributed by atoms with Crippen molar-refractivity contribution in [3.63, 3.8) is 0 Å². The second-order valence-corrected chi connectivity index (χ2v) is 5.03. The van der Waals surface area contributed by atoms with E-state index in [1.807, 2.05) is 52.1 Å². The molecule has 0 radical (unpaired) electrons. The molecule has 0 fully saturated rings. The molecule has 1 unspecified atom stereocenters. The maximum absolute atomic E-state index is 11.5. The van der Waals surface area contributed by atoms with E-state index in [-0.39, 0.29) is 18.5 Å². The molecule has 0 bridgehead atoms. The summed E-state index contributed by atoms with van der Waals surface area (Å²) in [5.41, 5.74) is 0.584. The smallest absolute Gasteiger partial charge is 0.307 e. The second-order valence-electron chi connectivity index (χ2n) is 5.03. The fourth-order valence-electron chi connectivity index (χ4n) is 1.87. The maximum atomic E-state index is 11.5. The average Bonchev–Trinajstić information content (AvgIpc) is 2.38. The normalized spacial score (nSPS) is 14.0. The van der Waals surface area contributed by atoms with E-state index in [4.69, 9.17) is 9.47 Å². The highest BCUT2D eigenvalue weighted by Crippen LogP contribution is 2.26. The van der Waals surface area contributed by atoms with E-state index in [9.17, 15) is 4.79 Å². The number of benzene rings is 1. The van der Waals surface area contributed by atoms with E-state index in [2.05, 4.69) is 5.32 Å². The van der Waals surface area contributed by atoms with Crippen molar-refractivity contribution in [2.45, 2.75) is 38.8 Å². The van der Waals surface area contributed by atoms with Crippen molar-refractivity contribution < 1.29 is 14.3 Å². The summed E-state index contributed by atoms with van der Waals surface area (Å²) in [7, 11) is 3.24. The number of hydrogen-bond donors (Lipinski definition) is 1. The van der Waals surface area contributed by atoms with Crippen LogP contribution < -0.4 is 10.1 Å². The van der Waals surface area contributed by atoms with Crippen LogP contribution in [-0.2, 0) is 15.1 Å². The fraction of sp³-hybridized carbons (Fsp3) is 0.533. The van der Waals surface area contributed by atoms with Gasteiger partial charge < -0.3 is 14.8 Å². The highest BCUT2D eigenvalue weighted by molar-refractivity contribution is 5.71. The van der Waals surface area contributed by atoms with Gasteiger partial charge in [-0.3, -0.25) is 4.79 Å². The Morgan fingerprint density at radius 2 is 1.89 bits per heavy atom. The number of esters is 1. The zero-order chi connectivity index (χ0) is 14.5. The van der Waals surface area contributed by atoms with E-state index < -0.39 is 5.54 Å². The number of rotatable bonds is 6. The lowest BCUT2D eigenvalue weighted by molar-refractivity contribution is -0.142. The minimum absolute atomic E-state index is 0.150. The van der Waals surface area contributed by atoms with Gasteiger partial charge in [-0.15, -0.1) is 0 Å². The minimum atomic E-state index is -0.441. The van der Waals surface area contributed by atoms with Crippen LogP contribution in [0.1, 0.15) is 32.8 Å². The standard InChI is InChI=1S/C15H23NO3/c1-11(2)19-13-8-6-12(7-9-13)15(3,16-4)10-14(17)18-5/h6-9,11,16H,10H2,1-5H3. The topological polar surface area (TPSA) is 47.6 Å². The van der Waals surface area contributed by atoms with Gasteiger partial charge in [-0.05, 0) is 45.5 Å². The summed E-state index contributed by atoms with van der Waals surface area (Å²) in [5, 5.41) is 3.18. The molecule has 4 heteroatoms. The first-order valence-electron chi connectivity index (χ1n) is 6.44. The summed E-state index contributed by atoms with van der Waals surface area (Å²) in [4.78, 5) is 11.5. The van der Waals surface area contributed by atoms with Crippen LogP contribution in [0.15, 0.2) is 24.3 Å². The average molecular weight is 265 g/mol. The predicted octanol–water partition coefficient (Wildman–Crippen LogP) is 2.47. The van der Waals surface area contributed by atoms with Crippen molar-refractivity contribution in [3.05, 3.63) is 29.8 Å². The third-order valence-electron chi connectivity index (χ3n) is 3.14. The van der Waals surface area contributed by atoms with Crippen molar-refractivity contribution in [1.82, 2.24) is 5.32 Å². The highest BCUT2D eigenvalue weighted by Gasteiger charge is 2.28. The molecule has 0 aliphatic heterocycles. The summed E-state index contributed by atoms with van der Waals surface area (Å²) >= 11 is 0. The van der Waals surface area contributed by atoms with Gasteiger partial charge in [0.05, 0.1) is 25.2 Å². The number of nitrogens with one attached hydrogen (secondary N) is 1. The third-order valence-corrected chi connectivity index (χ3v) is 3.14. The van der Waals surface area contributed by atoms with Crippen molar-refractivity contribution in [3.8, 4) is 5.75 Å². The van der Waals surface area contributed by atoms with Crippen molar-refractivity contribution in [2.24, 2.45) is 0 Å². The Labute approximate surface area is 115 Å². The molecule has 106 valence electrons. The van der Waals surface area contributed by atoms with Crippen LogP contribution in [0.25, 0.3) is 0 Å². The van der Waals surface area contributed by atoms with Crippen molar-refractivity contribution in [2.75, 3.05) is 14.2 Å². The summed E-state index contributed by atoms with van der Waals surface area (Å²) in [6, 6.07) is 7.78. The van der Waals surface area contributed by atoms with E-state index >= 15 is 0 Å². The molecule has 1 aromatic carbocycles. The first-order valence-corrected chi connectivity index (χ1v) is 6.44. The van der Waals surface area contributed by atoms with Gasteiger partial charge in [0, 0.05) is 0 Å². The Kier molecular flexibility index (Phi) is 5.36. The molecule has 1 N–H and O–H groups in total. The Balaban J connectivity index is 2.89. The molecule has 0 saturated carbocycles. The first-order chi connectivity index (χ1) is 8.91. The lowest BCUT2D eigenvalue weighted by atomic mass is 9.89. The third kappa shape index (κ3) is 4.24. The largest absolute Gasteiger partial charge is 0.491 e. The first kappa shape index (κ1) is 15.5. The van der Waals surface area contributed by atoms with Crippen LogP contribution in [0, 0.1) is 0 Å². The lowest BCUT2D eigenvalue weighted by Crippen LogP contribution is -2.39. The van der Waals surface area contributed by atoms with Gasteiger partial charge in [0.2, 0.25) is 0 Å². The van der Waals surface area contributed by atoms with E-state index in [0.29, 0.717) is 0 Å². The van der Waals surface area contributed by atoms with Gasteiger partial charge in [0.1, 0.15) is 5.75 Å². The van der Waals surface area contributed by atoms with Gasteiger partial charge in [-0.1, -0.05) is 12.1 Å². The molecule has 4 nitrogen and oxygen atoms in total. The van der Waals surface area contributed by atoms with Crippen LogP contribution in [-0.4, -0.2) is 26.2 Å². The quantitative estimate of drug-likeness (QED) is 0.803. The number of hydrogen-bond acceptors (Lipinski definition) is 4. The fourth-order valence-corrected chi connectivity index (χ4v) is 1.87. The molecule has 0 saturated heterocycles. The maximum Gasteiger partial charge on any atom is 0.307 e. The molecule has 0 amide bonds. The van der Waals surface area contributed by atoms with Crippen molar-refractivity contribution in [1.29, 1.82) is 0 Å². The predicted molar refractivity (Wildman–Crippen MR) is 75.3 cm³/mol. The molecular weight excluding hydrogens is 242 g/mol. The molecule has 1 rings (SSSR count). The zero-order valence-corrected chi connectivity index (χ0v) is 12.3. The van der Waals surface area contributed by atoms with Gasteiger partial charge in [-0.25, -0.2) is 0 Å². The van der Waals surface area contributed by atoms with E-state index in [1.54, 1.807) is 0 Å². The summed E-state index contributed by atoms with van der Waals surface area (Å²) in [6.07, 6.45) is 0.432. The zero-order valence-electron chi connectivity index (χ0n) is 12.3. The molecule has 1 atom stereocenters. The van der Waals surface area contributed by atoms with Gasteiger partial charge in [0.25, 0.3) is 0 Å². The van der Waals surface area contributed by atoms with Crippen LogP contribution >= 0.6 is 0 Å². The molecule has 19 heavy (non-hydrogen) atoms. The van der Waals surface area contributed by atoms with Gasteiger partial charge in [0.15, 0.2) is 0 Å². The number of methoxy groups -OCH3 is 1. The number of ether oxygens (including phenoxy) is 2. The second kappa shape index (κ2) is 6.57. The van der Waals surface area contributed by atoms with Crippen LogP contribution in [0.4, 0.5) is 0 Å². The molecule has 0 heterocycles. The lowest BCUT2D eigenvalue weighted by Gasteiger charge is -2.29. The highest BCUT2D eigenvalue weighted by atomic mass is 16.5. The molecule has 0 spiro atoms. The van der Waals surface area contributed by atoms with Crippen LogP contribution in [0.5, 0.6) is 5.75 Å². The van der Waals surface area contributed by atoms with Crippen LogP contribution in [0.3, 0.4) is 0 Å². The molecule has 0 aliphatic rings. The van der Waals surface area contributed by atoms with Crippen LogP contribution in [0.2, 0.25) is 0 Å². The molecule has 0 aliphatic carbocycles. The Morgan fingerprint density at radius 1 is 1.32 bits per heavy atom. The minimum Gasteiger partial charge on any atom is -0.491 e. The number of carbonyl (C=O) groups excluding carboxylic acids is 1. The molecular formula is C15H23NO3. The van der Waals surface area contributed by atoms with Gasteiger partial charge in [-0.2, -0.15) is 0 Å². The number of carbonyl (C=O) groups is 1. The molecule has 0 aromatic heterocycles. The SMILES string of the molecule is CNC(C)(CC(=O)OC)c1ccc(OC(C)C)cc1. The van der Waals surface area contributed by atoms with Gasteiger partial charge >= 0.3 is 5.97 Å². The van der Waals surface area contributed by atoms with E-state index in [1.165, 1.54) is 7.11 Å². The Morgan fingerprint density at radius 3 is 2.32 bits per heavy atom. The summed E-state index contributed by atoms with van der Waals surface area (Å²) in [6.45, 7) is 5.95. The monoisotopic (exact) mass is 265 g/mol. The summed E-state index contributed by atoms with van der Waals surface area (Å²) < 4.78 is 10.3. The Hall–Kier alpha value is -1.55. The van der Waals surface area contributed by atoms with Crippen molar-refractivity contribution >= 4 is 5.97 Å². The Bertz CT molecular complexity index is 414.